The van der Waals surface area contributed by atoms with E-state index >= 15 is 0 Å². The quantitative estimate of drug-likeness (QED) is 0.160. The lowest BCUT2D eigenvalue weighted by atomic mass is 9.97. The van der Waals surface area contributed by atoms with Crippen molar-refractivity contribution < 1.29 is 9.18 Å². The molecular weight excluding hydrogens is 565 g/mol. The number of piperidine rings is 1. The van der Waals surface area contributed by atoms with E-state index < -0.39 is 11.7 Å². The highest BCUT2D eigenvalue weighted by Gasteiger charge is 2.23. The van der Waals surface area contributed by atoms with Crippen molar-refractivity contribution in [2.45, 2.75) is 25.4 Å². The highest BCUT2D eigenvalue weighted by atomic mass is 19.1. The summed E-state index contributed by atoms with van der Waals surface area (Å²) in [4.78, 5) is 35.3. The van der Waals surface area contributed by atoms with Crippen molar-refractivity contribution in [1.29, 1.82) is 0 Å². The lowest BCUT2D eigenvalue weighted by Gasteiger charge is -2.32. The molecule has 0 aliphatic carbocycles. The van der Waals surface area contributed by atoms with Crippen LogP contribution in [0.2, 0.25) is 0 Å². The van der Waals surface area contributed by atoms with Crippen LogP contribution in [0, 0.1) is 5.82 Å². The fourth-order valence-corrected chi connectivity index (χ4v) is 5.71. The fourth-order valence-electron chi connectivity index (χ4n) is 5.71. The Labute approximate surface area is 261 Å². The molecule has 0 unspecified atom stereocenters. The number of benzene rings is 3. The highest BCUT2D eigenvalue weighted by Crippen LogP contribution is 2.33. The van der Waals surface area contributed by atoms with E-state index in [0.717, 1.165) is 54.9 Å². The zero-order valence-electron chi connectivity index (χ0n) is 24.9. The SMILES string of the molecule is C=CC(=C)Nc1ccc(C(=O)NC2CCN(Cc3ccc(-c4nc5cc[nH]c(=O)c5cc4-c4ccccc4)cc3)CC2)c(F)c1. The topological polar surface area (TPSA) is 90.1 Å². The maximum atomic E-state index is 14.7. The van der Waals surface area contributed by atoms with Crippen LogP contribution in [-0.2, 0) is 6.54 Å². The molecule has 8 heteroatoms. The predicted molar refractivity (Wildman–Crippen MR) is 178 cm³/mol. The Morgan fingerprint density at radius 2 is 1.76 bits per heavy atom. The molecule has 1 amide bonds. The number of amides is 1. The van der Waals surface area contributed by atoms with E-state index in [4.69, 9.17) is 4.98 Å². The number of anilines is 1. The average molecular weight is 600 g/mol. The van der Waals surface area contributed by atoms with Gasteiger partial charge in [0.2, 0.25) is 0 Å². The van der Waals surface area contributed by atoms with Gasteiger partial charge in [-0.2, -0.15) is 0 Å². The highest BCUT2D eigenvalue weighted by molar-refractivity contribution is 5.95. The van der Waals surface area contributed by atoms with E-state index in [1.54, 1.807) is 12.3 Å². The van der Waals surface area contributed by atoms with Gasteiger partial charge in [-0.25, -0.2) is 9.37 Å². The predicted octanol–water partition coefficient (Wildman–Crippen LogP) is 6.90. The third kappa shape index (κ3) is 6.76. The summed E-state index contributed by atoms with van der Waals surface area (Å²) in [5.41, 5.74) is 6.45. The van der Waals surface area contributed by atoms with Gasteiger partial charge in [0, 0.05) is 54.4 Å². The summed E-state index contributed by atoms with van der Waals surface area (Å²) in [5.74, 6) is -0.990. The molecule has 0 saturated carbocycles. The Morgan fingerprint density at radius 1 is 1.00 bits per heavy atom. The summed E-state index contributed by atoms with van der Waals surface area (Å²) in [5, 5.41) is 6.49. The normalized spacial score (nSPS) is 13.8. The number of aromatic amines is 1. The molecule has 6 rings (SSSR count). The molecule has 1 aliphatic rings. The molecule has 3 aromatic carbocycles. The van der Waals surface area contributed by atoms with E-state index in [9.17, 15) is 14.0 Å². The number of likely N-dealkylation sites (tertiary alicyclic amines) is 1. The van der Waals surface area contributed by atoms with E-state index in [1.165, 1.54) is 23.8 Å². The minimum Gasteiger partial charge on any atom is -0.356 e. The maximum Gasteiger partial charge on any atom is 0.257 e. The number of hydrogen-bond donors (Lipinski definition) is 3. The van der Waals surface area contributed by atoms with E-state index in [-0.39, 0.29) is 17.2 Å². The van der Waals surface area contributed by atoms with Gasteiger partial charge in [-0.1, -0.05) is 67.8 Å². The zero-order chi connectivity index (χ0) is 31.3. The number of allylic oxidation sites excluding steroid dienone is 1. The summed E-state index contributed by atoms with van der Waals surface area (Å²) in [7, 11) is 0. The van der Waals surface area contributed by atoms with Crippen LogP contribution < -0.4 is 16.2 Å². The van der Waals surface area contributed by atoms with Crippen molar-refractivity contribution in [3.63, 3.8) is 0 Å². The van der Waals surface area contributed by atoms with Gasteiger partial charge < -0.3 is 15.6 Å². The van der Waals surface area contributed by atoms with Gasteiger partial charge in [0.15, 0.2) is 0 Å². The third-order valence-corrected chi connectivity index (χ3v) is 8.16. The van der Waals surface area contributed by atoms with Crippen LogP contribution in [0.5, 0.6) is 0 Å². The number of hydrogen-bond acceptors (Lipinski definition) is 5. The number of carbonyl (C=O) groups excluding carboxylic acids is 1. The van der Waals surface area contributed by atoms with Crippen LogP contribution in [0.25, 0.3) is 33.3 Å². The minimum absolute atomic E-state index is 0.0171. The van der Waals surface area contributed by atoms with Crippen molar-refractivity contribution in [2.75, 3.05) is 18.4 Å². The molecule has 7 nitrogen and oxygen atoms in total. The minimum atomic E-state index is -0.585. The number of halogens is 1. The van der Waals surface area contributed by atoms with Crippen molar-refractivity contribution in [3.05, 3.63) is 143 Å². The first-order valence-electron chi connectivity index (χ1n) is 15.0. The molecule has 5 aromatic rings. The molecule has 0 spiro atoms. The first-order valence-corrected chi connectivity index (χ1v) is 15.0. The summed E-state index contributed by atoms with van der Waals surface area (Å²) in [6, 6.07) is 26.5. The van der Waals surface area contributed by atoms with Gasteiger partial charge in [0.1, 0.15) is 5.82 Å². The molecule has 2 aromatic heterocycles. The fraction of sp³-hybridized carbons (Fsp3) is 0.162. The maximum absolute atomic E-state index is 14.7. The number of aromatic nitrogens is 2. The second kappa shape index (κ2) is 13.1. The van der Waals surface area contributed by atoms with Crippen LogP contribution in [-0.4, -0.2) is 39.9 Å². The number of fused-ring (bicyclic) bond motifs is 1. The summed E-state index contributed by atoms with van der Waals surface area (Å²) in [6.07, 6.45) is 4.73. The van der Waals surface area contributed by atoms with Crippen molar-refractivity contribution in [1.82, 2.24) is 20.2 Å². The van der Waals surface area contributed by atoms with Crippen LogP contribution in [0.3, 0.4) is 0 Å². The Balaban J connectivity index is 1.09. The summed E-state index contributed by atoms with van der Waals surface area (Å²) >= 11 is 0. The van der Waals surface area contributed by atoms with Gasteiger partial charge in [-0.3, -0.25) is 14.5 Å². The number of nitrogens with one attached hydrogen (secondary N) is 3. The number of rotatable bonds is 9. The molecule has 0 atom stereocenters. The van der Waals surface area contributed by atoms with Crippen LogP contribution >= 0.6 is 0 Å². The molecule has 3 N–H and O–H groups in total. The number of nitrogens with zero attached hydrogens (tertiary/aromatic N) is 2. The Hall–Kier alpha value is -5.34. The molecule has 0 radical (unpaired) electrons. The molecule has 3 heterocycles. The van der Waals surface area contributed by atoms with Gasteiger partial charge in [0.05, 0.1) is 22.2 Å². The number of carbonyl (C=O) groups is 1. The molecular formula is C37H34FN5O2. The largest absolute Gasteiger partial charge is 0.356 e. The second-order valence-electron chi connectivity index (χ2n) is 11.3. The standard InChI is InChI=1S/C37H34FN5O2/c1-3-24(2)40-29-13-14-30(33(38)21-29)37(45)41-28-16-19-43(20-17-28)23-25-9-11-27(12-10-25)35-31(26-7-5-4-6-8-26)22-32-34(42-35)15-18-39-36(32)44/h3-15,18,21-22,28,40H,1-2,16-17,19-20,23H2,(H,39,44)(H,41,45). The molecule has 45 heavy (non-hydrogen) atoms. The lowest BCUT2D eigenvalue weighted by Crippen LogP contribution is -2.44. The van der Waals surface area contributed by atoms with E-state index in [2.05, 4.69) is 57.9 Å². The average Bonchev–Trinajstić information content (AvgIpc) is 3.06. The third-order valence-electron chi connectivity index (χ3n) is 8.16. The van der Waals surface area contributed by atoms with E-state index in [1.807, 2.05) is 42.5 Å². The molecule has 226 valence electrons. The van der Waals surface area contributed by atoms with Crippen molar-refractivity contribution in [2.24, 2.45) is 0 Å². The van der Waals surface area contributed by atoms with Crippen LogP contribution in [0.4, 0.5) is 10.1 Å². The van der Waals surface area contributed by atoms with Gasteiger partial charge in [-0.05, 0) is 60.4 Å². The van der Waals surface area contributed by atoms with E-state index in [0.29, 0.717) is 22.3 Å². The summed E-state index contributed by atoms with van der Waals surface area (Å²) in [6.45, 7) is 9.81. The summed E-state index contributed by atoms with van der Waals surface area (Å²) < 4.78 is 14.7. The second-order valence-corrected chi connectivity index (χ2v) is 11.3. The first kappa shape index (κ1) is 29.7. The smallest absolute Gasteiger partial charge is 0.257 e. The first-order chi connectivity index (χ1) is 21.9. The zero-order valence-corrected chi connectivity index (χ0v) is 24.9. The molecule has 1 aliphatic heterocycles. The van der Waals surface area contributed by atoms with Crippen LogP contribution in [0.1, 0.15) is 28.8 Å². The lowest BCUT2D eigenvalue weighted by molar-refractivity contribution is 0.0905. The molecule has 1 saturated heterocycles. The van der Waals surface area contributed by atoms with Gasteiger partial charge >= 0.3 is 0 Å². The monoisotopic (exact) mass is 599 g/mol. The van der Waals surface area contributed by atoms with Gasteiger partial charge in [0.25, 0.3) is 11.5 Å². The number of pyridine rings is 2. The van der Waals surface area contributed by atoms with Crippen molar-refractivity contribution in [3.8, 4) is 22.4 Å². The Morgan fingerprint density at radius 3 is 2.47 bits per heavy atom. The van der Waals surface area contributed by atoms with Crippen molar-refractivity contribution >= 4 is 22.5 Å². The number of H-pyrrole nitrogens is 1. The Bertz CT molecular complexity index is 1930. The Kier molecular flexibility index (Phi) is 8.66. The molecule has 1 fully saturated rings. The molecule has 0 bridgehead atoms. The van der Waals surface area contributed by atoms with Crippen LogP contribution in [0.15, 0.2) is 121 Å². The van der Waals surface area contributed by atoms with Gasteiger partial charge in [-0.15, -0.1) is 0 Å².